The first kappa shape index (κ1) is 19.8. The monoisotopic (exact) mass is 428 g/mol. The Morgan fingerprint density at radius 1 is 0.875 bits per heavy atom. The highest BCUT2D eigenvalue weighted by Crippen LogP contribution is 2.34. The molecule has 160 valence electrons. The predicted octanol–water partition coefficient (Wildman–Crippen LogP) is 3.80. The molecule has 0 aromatic heterocycles. The first-order valence-electron chi connectivity index (χ1n) is 10.3. The summed E-state index contributed by atoms with van der Waals surface area (Å²) in [4.78, 5) is 42.1. The smallest absolute Gasteiger partial charge is 0.328 e. The van der Waals surface area contributed by atoms with Crippen LogP contribution in [0.15, 0.2) is 78.9 Å². The van der Waals surface area contributed by atoms with E-state index < -0.39 is 18.0 Å². The van der Waals surface area contributed by atoms with Crippen LogP contribution in [-0.2, 0) is 11.3 Å². The third kappa shape index (κ3) is 3.58. The number of imide groups is 1. The number of rotatable bonds is 6. The van der Waals surface area contributed by atoms with Gasteiger partial charge in [0.1, 0.15) is 6.04 Å². The number of carbonyl (C=O) groups excluding carboxylic acids is 3. The second kappa shape index (κ2) is 8.19. The molecule has 3 amide bonds. The standard InChI is InChI=1S/C25H20N2O5/c28-20(19-11-12-21-22(13-19)32-16-31-21)15-27-24(29)23(18-9-5-2-6-10-18)26(25(27)30)14-17-7-3-1-4-8-17/h1-13,23H,14-16H2. The lowest BCUT2D eigenvalue weighted by molar-refractivity contribution is -0.128. The average Bonchev–Trinajstić information content (AvgIpc) is 3.38. The maximum atomic E-state index is 13.3. The maximum Gasteiger partial charge on any atom is 0.328 e. The molecule has 1 unspecified atom stereocenters. The number of nitrogens with zero attached hydrogens (tertiary/aromatic N) is 2. The summed E-state index contributed by atoms with van der Waals surface area (Å²) in [7, 11) is 0. The molecule has 2 aliphatic heterocycles. The molecule has 0 aliphatic carbocycles. The van der Waals surface area contributed by atoms with Crippen molar-refractivity contribution < 1.29 is 23.9 Å². The number of hydrogen-bond acceptors (Lipinski definition) is 5. The van der Waals surface area contributed by atoms with Crippen molar-refractivity contribution in [1.29, 1.82) is 0 Å². The quantitative estimate of drug-likeness (QED) is 0.441. The molecule has 0 spiro atoms. The van der Waals surface area contributed by atoms with Crippen molar-refractivity contribution in [2.24, 2.45) is 0 Å². The summed E-state index contributed by atoms with van der Waals surface area (Å²) in [5.41, 5.74) is 1.96. The zero-order valence-corrected chi connectivity index (χ0v) is 17.1. The minimum Gasteiger partial charge on any atom is -0.454 e. The molecule has 1 saturated heterocycles. The highest BCUT2D eigenvalue weighted by Gasteiger charge is 2.46. The summed E-state index contributed by atoms with van der Waals surface area (Å²) in [6.45, 7) is 0.0227. The Morgan fingerprint density at radius 3 is 2.31 bits per heavy atom. The predicted molar refractivity (Wildman–Crippen MR) is 115 cm³/mol. The summed E-state index contributed by atoms with van der Waals surface area (Å²) >= 11 is 0. The van der Waals surface area contributed by atoms with Gasteiger partial charge in [-0.25, -0.2) is 4.79 Å². The van der Waals surface area contributed by atoms with E-state index in [2.05, 4.69) is 0 Å². The molecule has 0 saturated carbocycles. The van der Waals surface area contributed by atoms with E-state index in [1.54, 1.807) is 18.2 Å². The highest BCUT2D eigenvalue weighted by atomic mass is 16.7. The van der Waals surface area contributed by atoms with Crippen molar-refractivity contribution in [3.05, 3.63) is 95.6 Å². The third-order valence-corrected chi connectivity index (χ3v) is 5.60. The molecule has 2 aliphatic rings. The van der Waals surface area contributed by atoms with Crippen LogP contribution in [0.5, 0.6) is 11.5 Å². The van der Waals surface area contributed by atoms with Gasteiger partial charge < -0.3 is 14.4 Å². The van der Waals surface area contributed by atoms with Gasteiger partial charge in [0.05, 0.1) is 6.54 Å². The molecule has 3 aromatic rings. The summed E-state index contributed by atoms with van der Waals surface area (Å²) < 4.78 is 10.6. The SMILES string of the molecule is O=C(CN1C(=O)C(c2ccccc2)N(Cc2ccccc2)C1=O)c1ccc2c(c1)OCO2. The van der Waals surface area contributed by atoms with E-state index in [0.29, 0.717) is 22.6 Å². The summed E-state index contributed by atoms with van der Waals surface area (Å²) in [6.07, 6.45) is 0. The Labute approximate surface area is 184 Å². The molecule has 1 fully saturated rings. The fraction of sp³-hybridized carbons (Fsp3) is 0.160. The van der Waals surface area contributed by atoms with Gasteiger partial charge in [-0.05, 0) is 29.3 Å². The van der Waals surface area contributed by atoms with E-state index in [-0.39, 0.29) is 25.7 Å². The first-order chi connectivity index (χ1) is 15.6. The Hall–Kier alpha value is -4.13. The van der Waals surface area contributed by atoms with Gasteiger partial charge >= 0.3 is 6.03 Å². The fourth-order valence-electron chi connectivity index (χ4n) is 3.99. The van der Waals surface area contributed by atoms with Gasteiger partial charge in [0.25, 0.3) is 5.91 Å². The van der Waals surface area contributed by atoms with Crippen LogP contribution in [0.2, 0.25) is 0 Å². The largest absolute Gasteiger partial charge is 0.454 e. The first-order valence-corrected chi connectivity index (χ1v) is 10.3. The van der Waals surface area contributed by atoms with E-state index >= 15 is 0 Å². The molecule has 7 heteroatoms. The van der Waals surface area contributed by atoms with Crippen LogP contribution >= 0.6 is 0 Å². The number of amides is 3. The second-order valence-corrected chi connectivity index (χ2v) is 7.62. The topological polar surface area (TPSA) is 76.2 Å². The normalized spacial score (nSPS) is 17.2. The Kier molecular flexibility index (Phi) is 5.07. The number of Topliss-reactive ketones (excluding diaryl/α,β-unsaturated/α-hetero) is 1. The Morgan fingerprint density at radius 2 is 1.56 bits per heavy atom. The molecule has 2 heterocycles. The average molecular weight is 428 g/mol. The lowest BCUT2D eigenvalue weighted by Crippen LogP contribution is -2.36. The molecular weight excluding hydrogens is 408 g/mol. The summed E-state index contributed by atoms with van der Waals surface area (Å²) in [5.74, 6) is 0.278. The number of ether oxygens (including phenoxy) is 2. The molecule has 3 aromatic carbocycles. The molecule has 1 atom stereocenters. The number of carbonyl (C=O) groups is 3. The Bertz CT molecular complexity index is 1180. The van der Waals surface area contributed by atoms with Gasteiger partial charge in [0, 0.05) is 12.1 Å². The van der Waals surface area contributed by atoms with E-state index in [1.807, 2.05) is 60.7 Å². The van der Waals surface area contributed by atoms with Crippen LogP contribution in [0.3, 0.4) is 0 Å². The number of fused-ring (bicyclic) bond motifs is 1. The minimum absolute atomic E-state index is 0.100. The summed E-state index contributed by atoms with van der Waals surface area (Å²) in [5, 5.41) is 0. The van der Waals surface area contributed by atoms with Crippen LogP contribution in [0.4, 0.5) is 4.79 Å². The zero-order valence-electron chi connectivity index (χ0n) is 17.1. The molecule has 32 heavy (non-hydrogen) atoms. The van der Waals surface area contributed by atoms with Gasteiger partial charge in [-0.15, -0.1) is 0 Å². The van der Waals surface area contributed by atoms with Crippen molar-refractivity contribution >= 4 is 17.7 Å². The van der Waals surface area contributed by atoms with Gasteiger partial charge in [-0.2, -0.15) is 0 Å². The van der Waals surface area contributed by atoms with Crippen molar-refractivity contribution in [1.82, 2.24) is 9.80 Å². The lowest BCUT2D eigenvalue weighted by Gasteiger charge is -2.22. The number of urea groups is 1. The maximum absolute atomic E-state index is 13.3. The van der Waals surface area contributed by atoms with Crippen LogP contribution in [0, 0.1) is 0 Å². The van der Waals surface area contributed by atoms with Crippen LogP contribution in [0.25, 0.3) is 0 Å². The van der Waals surface area contributed by atoms with Gasteiger partial charge in [0.15, 0.2) is 17.3 Å². The number of benzene rings is 3. The highest BCUT2D eigenvalue weighted by molar-refractivity contribution is 6.09. The molecule has 0 bridgehead atoms. The second-order valence-electron chi connectivity index (χ2n) is 7.62. The molecule has 0 N–H and O–H groups in total. The van der Waals surface area contributed by atoms with Crippen LogP contribution < -0.4 is 9.47 Å². The lowest BCUT2D eigenvalue weighted by atomic mass is 10.0. The fourth-order valence-corrected chi connectivity index (χ4v) is 3.99. The van der Waals surface area contributed by atoms with Crippen LogP contribution in [0.1, 0.15) is 27.5 Å². The molecule has 7 nitrogen and oxygen atoms in total. The molecule has 5 rings (SSSR count). The van der Waals surface area contributed by atoms with Gasteiger partial charge in [-0.1, -0.05) is 60.7 Å². The zero-order chi connectivity index (χ0) is 22.1. The summed E-state index contributed by atoms with van der Waals surface area (Å²) in [6, 6.07) is 22.2. The van der Waals surface area contributed by atoms with E-state index in [1.165, 1.54) is 4.90 Å². The molecule has 0 radical (unpaired) electrons. The van der Waals surface area contributed by atoms with Crippen LogP contribution in [-0.4, -0.2) is 40.9 Å². The van der Waals surface area contributed by atoms with E-state index in [9.17, 15) is 14.4 Å². The number of ketones is 1. The van der Waals surface area contributed by atoms with Crippen molar-refractivity contribution in [3.63, 3.8) is 0 Å². The molecular formula is C25H20N2O5. The minimum atomic E-state index is -0.784. The number of hydrogen-bond donors (Lipinski definition) is 0. The van der Waals surface area contributed by atoms with Gasteiger partial charge in [0.2, 0.25) is 6.79 Å². The van der Waals surface area contributed by atoms with Gasteiger partial charge in [-0.3, -0.25) is 14.5 Å². The third-order valence-electron chi connectivity index (χ3n) is 5.60. The van der Waals surface area contributed by atoms with E-state index in [4.69, 9.17) is 9.47 Å². The Balaban J connectivity index is 1.43. The van der Waals surface area contributed by atoms with E-state index in [0.717, 1.165) is 10.5 Å². The van der Waals surface area contributed by atoms with Crippen molar-refractivity contribution in [2.75, 3.05) is 13.3 Å². The van der Waals surface area contributed by atoms with Crippen molar-refractivity contribution in [3.8, 4) is 11.5 Å². The van der Waals surface area contributed by atoms with Crippen molar-refractivity contribution in [2.45, 2.75) is 12.6 Å².